The first-order chi connectivity index (χ1) is 12.7. The van der Waals surface area contributed by atoms with Crippen molar-refractivity contribution >= 4 is 5.91 Å². The lowest BCUT2D eigenvalue weighted by Gasteiger charge is -2.25. The summed E-state index contributed by atoms with van der Waals surface area (Å²) in [5, 5.41) is 0. The van der Waals surface area contributed by atoms with Crippen LogP contribution in [0.2, 0.25) is 0 Å². The molecule has 2 aliphatic rings. The third-order valence-electron chi connectivity index (χ3n) is 5.58. The molecular formula is C21H27N3O2. The molecule has 1 amide bonds. The van der Waals surface area contributed by atoms with E-state index in [1.165, 1.54) is 18.4 Å². The molecule has 0 unspecified atom stereocenters. The van der Waals surface area contributed by atoms with Crippen LogP contribution in [0, 0.1) is 5.92 Å². The monoisotopic (exact) mass is 353 g/mol. The Hall–Kier alpha value is -2.30. The predicted molar refractivity (Wildman–Crippen MR) is 99.9 cm³/mol. The van der Waals surface area contributed by atoms with E-state index in [4.69, 9.17) is 4.74 Å². The summed E-state index contributed by atoms with van der Waals surface area (Å²) < 4.78 is 7.46. The molecule has 0 radical (unpaired) electrons. The maximum absolute atomic E-state index is 13.0. The predicted octanol–water partition coefficient (Wildman–Crippen LogP) is 3.62. The van der Waals surface area contributed by atoms with Crippen molar-refractivity contribution in [3.8, 4) is 5.75 Å². The fourth-order valence-electron chi connectivity index (χ4n) is 3.94. The molecule has 0 N–H and O–H groups in total. The lowest BCUT2D eigenvalue weighted by molar-refractivity contribution is -0.136. The molecule has 4 rings (SSSR count). The Morgan fingerprint density at radius 3 is 2.81 bits per heavy atom. The molecule has 138 valence electrons. The van der Waals surface area contributed by atoms with Gasteiger partial charge in [0.25, 0.3) is 0 Å². The van der Waals surface area contributed by atoms with Crippen LogP contribution in [0.15, 0.2) is 36.7 Å². The van der Waals surface area contributed by atoms with E-state index in [-0.39, 0.29) is 5.92 Å². The quantitative estimate of drug-likeness (QED) is 0.764. The van der Waals surface area contributed by atoms with Gasteiger partial charge in [-0.15, -0.1) is 0 Å². The van der Waals surface area contributed by atoms with Gasteiger partial charge in [-0.05, 0) is 43.4 Å². The van der Waals surface area contributed by atoms with E-state index in [1.807, 2.05) is 30.6 Å². The van der Waals surface area contributed by atoms with E-state index >= 15 is 0 Å². The van der Waals surface area contributed by atoms with Crippen molar-refractivity contribution in [2.75, 3.05) is 7.11 Å². The fraction of sp³-hybridized carbons (Fsp3) is 0.524. The highest BCUT2D eigenvalue weighted by atomic mass is 16.5. The van der Waals surface area contributed by atoms with Gasteiger partial charge < -0.3 is 14.2 Å². The Morgan fingerprint density at radius 1 is 1.27 bits per heavy atom. The van der Waals surface area contributed by atoms with Gasteiger partial charge in [0, 0.05) is 30.9 Å². The Kier molecular flexibility index (Phi) is 4.96. The number of amides is 1. The Bertz CT molecular complexity index is 760. The van der Waals surface area contributed by atoms with Gasteiger partial charge in [-0.3, -0.25) is 4.79 Å². The van der Waals surface area contributed by atoms with Crippen LogP contribution in [-0.2, 0) is 17.9 Å². The minimum atomic E-state index is 0.234. The minimum absolute atomic E-state index is 0.234. The highest BCUT2D eigenvalue weighted by molar-refractivity contribution is 5.79. The van der Waals surface area contributed by atoms with Crippen LogP contribution in [0.1, 0.15) is 49.9 Å². The van der Waals surface area contributed by atoms with E-state index in [0.29, 0.717) is 18.5 Å². The molecule has 0 atom stereocenters. The number of rotatable bonds is 7. The van der Waals surface area contributed by atoms with Crippen LogP contribution in [0.25, 0.3) is 0 Å². The third-order valence-corrected chi connectivity index (χ3v) is 5.58. The summed E-state index contributed by atoms with van der Waals surface area (Å²) in [5.41, 5.74) is 1.17. The average Bonchev–Trinajstić information content (AvgIpc) is 3.17. The molecule has 0 spiro atoms. The summed E-state index contributed by atoms with van der Waals surface area (Å²) in [6, 6.07) is 8.52. The van der Waals surface area contributed by atoms with E-state index in [1.54, 1.807) is 7.11 Å². The highest BCUT2D eigenvalue weighted by Gasteiger charge is 2.37. The zero-order chi connectivity index (χ0) is 17.9. The lowest BCUT2D eigenvalue weighted by Crippen LogP contribution is -2.37. The number of methoxy groups -OCH3 is 1. The van der Waals surface area contributed by atoms with Crippen molar-refractivity contribution in [3.63, 3.8) is 0 Å². The molecule has 0 aliphatic heterocycles. The summed E-state index contributed by atoms with van der Waals surface area (Å²) in [5.74, 6) is 2.41. The summed E-state index contributed by atoms with van der Waals surface area (Å²) in [6.45, 7) is 1.36. The number of aromatic nitrogens is 2. The second-order valence-corrected chi connectivity index (χ2v) is 7.50. The minimum Gasteiger partial charge on any atom is -0.497 e. The summed E-state index contributed by atoms with van der Waals surface area (Å²) in [4.78, 5) is 19.6. The topological polar surface area (TPSA) is 47.4 Å². The first-order valence-electron chi connectivity index (χ1n) is 9.68. The number of nitrogens with zero attached hydrogens (tertiary/aromatic N) is 3. The molecule has 2 aromatic rings. The number of ether oxygens (including phenoxy) is 1. The Labute approximate surface area is 155 Å². The second kappa shape index (κ2) is 7.52. The summed E-state index contributed by atoms with van der Waals surface area (Å²) >= 11 is 0. The van der Waals surface area contributed by atoms with E-state index in [9.17, 15) is 4.79 Å². The first-order valence-corrected chi connectivity index (χ1v) is 9.68. The standard InChI is InChI=1S/C21H27N3O2/c1-26-19-8-4-5-16(13-19)14-23-12-11-22-20(23)15-24(18-9-10-18)21(25)17-6-2-3-7-17/h4-5,8,11-13,17-18H,2-3,6-7,9-10,14-15H2,1H3. The zero-order valence-electron chi connectivity index (χ0n) is 15.4. The van der Waals surface area contributed by atoms with Crippen LogP contribution < -0.4 is 4.74 Å². The van der Waals surface area contributed by atoms with Crippen molar-refractivity contribution in [1.29, 1.82) is 0 Å². The smallest absolute Gasteiger partial charge is 0.226 e. The van der Waals surface area contributed by atoms with E-state index in [0.717, 1.165) is 43.8 Å². The van der Waals surface area contributed by atoms with Crippen LogP contribution in [0.3, 0.4) is 0 Å². The number of hydrogen-bond donors (Lipinski definition) is 0. The van der Waals surface area contributed by atoms with Crippen LogP contribution in [0.5, 0.6) is 5.75 Å². The van der Waals surface area contributed by atoms with E-state index < -0.39 is 0 Å². The van der Waals surface area contributed by atoms with Gasteiger partial charge >= 0.3 is 0 Å². The van der Waals surface area contributed by atoms with Crippen LogP contribution in [-0.4, -0.2) is 33.5 Å². The SMILES string of the molecule is COc1cccc(Cn2ccnc2CN(C(=O)C2CCCC2)C2CC2)c1. The molecule has 1 heterocycles. The Morgan fingerprint density at radius 2 is 2.08 bits per heavy atom. The van der Waals surface area contributed by atoms with Crippen molar-refractivity contribution in [3.05, 3.63) is 48.0 Å². The molecular weight excluding hydrogens is 326 g/mol. The zero-order valence-corrected chi connectivity index (χ0v) is 15.4. The molecule has 1 aromatic heterocycles. The van der Waals surface area contributed by atoms with Crippen molar-refractivity contribution in [2.45, 2.75) is 57.7 Å². The number of benzene rings is 1. The summed E-state index contributed by atoms with van der Waals surface area (Å²) in [7, 11) is 1.68. The van der Waals surface area contributed by atoms with Gasteiger partial charge in [0.05, 0.1) is 13.7 Å². The maximum atomic E-state index is 13.0. The van der Waals surface area contributed by atoms with Gasteiger partial charge in [-0.1, -0.05) is 25.0 Å². The Balaban J connectivity index is 1.49. The summed E-state index contributed by atoms with van der Waals surface area (Å²) in [6.07, 6.45) is 10.6. The maximum Gasteiger partial charge on any atom is 0.226 e. The average molecular weight is 353 g/mol. The van der Waals surface area contributed by atoms with Crippen molar-refractivity contribution < 1.29 is 9.53 Å². The van der Waals surface area contributed by atoms with Gasteiger partial charge in [-0.2, -0.15) is 0 Å². The van der Waals surface area contributed by atoms with Gasteiger partial charge in [0.1, 0.15) is 11.6 Å². The molecule has 0 bridgehead atoms. The largest absolute Gasteiger partial charge is 0.497 e. The van der Waals surface area contributed by atoms with Crippen LogP contribution >= 0.6 is 0 Å². The molecule has 26 heavy (non-hydrogen) atoms. The normalized spacial score (nSPS) is 17.4. The molecule has 2 saturated carbocycles. The van der Waals surface area contributed by atoms with Gasteiger partial charge in [0.2, 0.25) is 5.91 Å². The van der Waals surface area contributed by atoms with Crippen LogP contribution in [0.4, 0.5) is 0 Å². The fourth-order valence-corrected chi connectivity index (χ4v) is 3.94. The lowest BCUT2D eigenvalue weighted by atomic mass is 10.1. The van der Waals surface area contributed by atoms with E-state index in [2.05, 4.69) is 20.5 Å². The molecule has 5 nitrogen and oxygen atoms in total. The number of imidazole rings is 1. The van der Waals surface area contributed by atoms with Crippen molar-refractivity contribution in [1.82, 2.24) is 14.5 Å². The first kappa shape index (κ1) is 17.1. The van der Waals surface area contributed by atoms with Gasteiger partial charge in [-0.25, -0.2) is 4.98 Å². The number of carbonyl (C=O) groups excluding carboxylic acids is 1. The third kappa shape index (κ3) is 3.76. The second-order valence-electron chi connectivity index (χ2n) is 7.50. The molecule has 5 heteroatoms. The molecule has 1 aromatic carbocycles. The number of hydrogen-bond acceptors (Lipinski definition) is 3. The number of carbonyl (C=O) groups is 1. The van der Waals surface area contributed by atoms with Gasteiger partial charge in [0.15, 0.2) is 0 Å². The highest BCUT2D eigenvalue weighted by Crippen LogP contribution is 2.33. The molecule has 2 fully saturated rings. The molecule has 0 saturated heterocycles. The van der Waals surface area contributed by atoms with Crippen molar-refractivity contribution in [2.24, 2.45) is 5.92 Å². The molecule has 2 aliphatic carbocycles.